The van der Waals surface area contributed by atoms with Gasteiger partial charge in [-0.25, -0.2) is 0 Å². The molecule has 12 aromatic rings. The van der Waals surface area contributed by atoms with Crippen molar-refractivity contribution in [3.63, 3.8) is 0 Å². The summed E-state index contributed by atoms with van der Waals surface area (Å²) >= 11 is 0.0703. The van der Waals surface area contributed by atoms with Crippen LogP contribution in [0.25, 0.3) is 90.8 Å². The van der Waals surface area contributed by atoms with Crippen LogP contribution in [0.2, 0.25) is 0 Å². The molecule has 2 aliphatic rings. The van der Waals surface area contributed by atoms with Gasteiger partial charge in [0.05, 0.1) is 0 Å². The van der Waals surface area contributed by atoms with Crippen molar-refractivity contribution >= 4 is 95.0 Å². The van der Waals surface area contributed by atoms with Gasteiger partial charge in [-0.2, -0.15) is 0 Å². The first-order valence-electron chi connectivity index (χ1n) is 20.2. The molecular formula is C54H30BNO2Se. The number of hydrogen-bond donors (Lipinski definition) is 0. The van der Waals surface area contributed by atoms with Crippen molar-refractivity contribution in [2.24, 2.45) is 0 Å². The molecule has 0 saturated heterocycles. The van der Waals surface area contributed by atoms with Gasteiger partial charge < -0.3 is 0 Å². The van der Waals surface area contributed by atoms with Gasteiger partial charge in [0, 0.05) is 0 Å². The molecule has 0 N–H and O–H groups in total. The van der Waals surface area contributed by atoms with Crippen molar-refractivity contribution < 1.29 is 9.47 Å². The molecule has 0 atom stereocenters. The number of rotatable bonds is 3. The van der Waals surface area contributed by atoms with E-state index < -0.39 is 0 Å². The van der Waals surface area contributed by atoms with E-state index in [9.17, 15) is 0 Å². The summed E-state index contributed by atoms with van der Waals surface area (Å²) in [5, 5.41) is 7.85. The zero-order chi connectivity index (χ0) is 38.3. The molecule has 0 amide bonds. The summed E-state index contributed by atoms with van der Waals surface area (Å²) in [6, 6.07) is 66.7. The average molecular weight is 815 g/mol. The number of hydrogen-bond acceptors (Lipinski definition) is 2. The van der Waals surface area contributed by atoms with E-state index in [1.54, 1.807) is 0 Å². The van der Waals surface area contributed by atoms with Gasteiger partial charge in [-0.05, 0) is 0 Å². The van der Waals surface area contributed by atoms with Gasteiger partial charge in [0.1, 0.15) is 0 Å². The number of nitrogens with zero attached hydrogens (tertiary/aromatic N) is 1. The van der Waals surface area contributed by atoms with E-state index in [1.165, 1.54) is 96.1 Å². The Morgan fingerprint density at radius 2 is 0.881 bits per heavy atom. The molecule has 2 aliphatic heterocycles. The third kappa shape index (κ3) is 4.38. The first-order chi connectivity index (χ1) is 29.2. The molecule has 9 aromatic carbocycles. The first kappa shape index (κ1) is 32.0. The molecule has 3 aromatic heterocycles. The Bertz CT molecular complexity index is 3610. The molecule has 5 heterocycles. The van der Waals surface area contributed by atoms with Crippen LogP contribution in [0.15, 0.2) is 182 Å². The van der Waals surface area contributed by atoms with Crippen LogP contribution in [0.1, 0.15) is 0 Å². The van der Waals surface area contributed by atoms with Crippen LogP contribution in [0.5, 0.6) is 23.0 Å². The standard InChI is InChI=1S/C54H30BNO2Se/c1-5-22-45-37(14-1)41-27-33(28-42-38-15-2-6-23-46(38)56(45)52(41)42)31-12-9-13-32(26-31)35-16-10-18-39-40-19-11-17-36(54(40)59-53(35)39)34-29-49-51-50(30-34)58-48-25-8-4-21-44(48)55(51)43-20-3-7-24-47(43)57-49/h1-30H. The fraction of sp³-hybridized carbons (Fsp3) is 0. The Labute approximate surface area is 345 Å². The zero-order valence-electron chi connectivity index (χ0n) is 31.6. The van der Waals surface area contributed by atoms with E-state index in [-0.39, 0.29) is 21.2 Å². The van der Waals surface area contributed by atoms with Gasteiger partial charge in [-0.15, -0.1) is 0 Å². The second kappa shape index (κ2) is 11.8. The fourth-order valence-electron chi connectivity index (χ4n) is 10.3. The van der Waals surface area contributed by atoms with Crippen molar-refractivity contribution in [2.45, 2.75) is 0 Å². The van der Waals surface area contributed by atoms with Gasteiger partial charge in [-0.3, -0.25) is 0 Å². The van der Waals surface area contributed by atoms with E-state index >= 15 is 0 Å². The number of aromatic nitrogens is 1. The Kier molecular flexibility index (Phi) is 6.38. The number of ether oxygens (including phenoxy) is 2. The summed E-state index contributed by atoms with van der Waals surface area (Å²) in [4.78, 5) is 0. The van der Waals surface area contributed by atoms with Crippen LogP contribution in [0.4, 0.5) is 0 Å². The predicted molar refractivity (Wildman–Crippen MR) is 247 cm³/mol. The van der Waals surface area contributed by atoms with Crippen molar-refractivity contribution in [1.29, 1.82) is 0 Å². The molecule has 0 unspecified atom stereocenters. The minimum atomic E-state index is 0.0641. The van der Waals surface area contributed by atoms with Crippen LogP contribution >= 0.6 is 0 Å². The zero-order valence-corrected chi connectivity index (χ0v) is 33.3. The summed E-state index contributed by atoms with van der Waals surface area (Å²) in [7, 11) is 0. The quantitative estimate of drug-likeness (QED) is 0.166. The van der Waals surface area contributed by atoms with E-state index in [1.807, 2.05) is 0 Å². The SMILES string of the molecule is c1cc(-c2cc3c4ccccc4n4c5ccccc5c(c2)c34)cc(-c2cccc3c2[se]c2c(-c4cc5c6c(c4)Oc4ccccc4B6c4ccccc4O5)cccc23)c1. The monoisotopic (exact) mass is 815 g/mol. The normalized spacial score (nSPS) is 13.0. The van der Waals surface area contributed by atoms with Gasteiger partial charge in [-0.1, -0.05) is 0 Å². The number of fused-ring (bicyclic) bond motifs is 13. The average Bonchev–Trinajstić information content (AvgIpc) is 3.96. The predicted octanol–water partition coefficient (Wildman–Crippen LogP) is 11.9. The molecule has 272 valence electrons. The third-order valence-electron chi connectivity index (χ3n) is 12.8. The van der Waals surface area contributed by atoms with Gasteiger partial charge in [0.25, 0.3) is 0 Å². The van der Waals surface area contributed by atoms with Crippen molar-refractivity contribution in [2.75, 3.05) is 0 Å². The van der Waals surface area contributed by atoms with Crippen LogP contribution in [-0.4, -0.2) is 25.6 Å². The second-order valence-corrected chi connectivity index (χ2v) is 18.1. The van der Waals surface area contributed by atoms with E-state index in [4.69, 9.17) is 9.47 Å². The molecule has 0 aliphatic carbocycles. The molecule has 3 nitrogen and oxygen atoms in total. The van der Waals surface area contributed by atoms with Crippen LogP contribution in [0, 0.1) is 0 Å². The van der Waals surface area contributed by atoms with E-state index in [2.05, 4.69) is 186 Å². The molecule has 59 heavy (non-hydrogen) atoms. The van der Waals surface area contributed by atoms with E-state index in [0.29, 0.717) is 0 Å². The Hall–Kier alpha value is -7.04. The summed E-state index contributed by atoms with van der Waals surface area (Å²) in [6.45, 7) is 0.0641. The third-order valence-corrected chi connectivity index (χ3v) is 15.5. The summed E-state index contributed by atoms with van der Waals surface area (Å²) in [5.41, 5.74) is 14.7. The molecule has 0 bridgehead atoms. The molecule has 0 fully saturated rings. The molecule has 0 radical (unpaired) electrons. The molecule has 14 rings (SSSR count). The summed E-state index contributed by atoms with van der Waals surface area (Å²) in [5.74, 6) is 3.57. The molecule has 0 spiro atoms. The van der Waals surface area contributed by atoms with Gasteiger partial charge >= 0.3 is 347 Å². The number of benzene rings is 9. The Morgan fingerprint density at radius 3 is 1.51 bits per heavy atom. The summed E-state index contributed by atoms with van der Waals surface area (Å²) < 4.78 is 18.7. The van der Waals surface area contributed by atoms with Gasteiger partial charge in [0.15, 0.2) is 0 Å². The Morgan fingerprint density at radius 1 is 0.373 bits per heavy atom. The van der Waals surface area contributed by atoms with Crippen molar-refractivity contribution in [1.82, 2.24) is 4.40 Å². The van der Waals surface area contributed by atoms with Gasteiger partial charge in [0.2, 0.25) is 0 Å². The van der Waals surface area contributed by atoms with Crippen LogP contribution in [-0.2, 0) is 0 Å². The number of para-hydroxylation sites is 4. The second-order valence-electron chi connectivity index (χ2n) is 15.9. The molecule has 5 heteroatoms. The van der Waals surface area contributed by atoms with Crippen molar-refractivity contribution in [3.8, 4) is 56.4 Å². The summed E-state index contributed by atoms with van der Waals surface area (Å²) in [6.07, 6.45) is 0. The van der Waals surface area contributed by atoms with E-state index in [0.717, 1.165) is 34.0 Å². The minimum absolute atomic E-state index is 0.0641. The Balaban J connectivity index is 0.925. The first-order valence-corrected chi connectivity index (χ1v) is 21.9. The maximum absolute atomic E-state index is 6.71. The molecular weight excluding hydrogens is 784 g/mol. The molecule has 0 saturated carbocycles. The fourth-order valence-corrected chi connectivity index (χ4v) is 13.2. The maximum atomic E-state index is 6.71. The topological polar surface area (TPSA) is 22.9 Å². The van der Waals surface area contributed by atoms with Crippen molar-refractivity contribution in [3.05, 3.63) is 182 Å². The van der Waals surface area contributed by atoms with Crippen LogP contribution < -0.4 is 25.9 Å². The van der Waals surface area contributed by atoms with Crippen LogP contribution in [0.3, 0.4) is 0 Å².